The molecule has 2 atom stereocenters. The molecule has 190 valence electrons. The van der Waals surface area contributed by atoms with Crippen molar-refractivity contribution in [2.24, 2.45) is 0 Å². The monoisotopic (exact) mass is 502 g/mol. The first-order valence-corrected chi connectivity index (χ1v) is 13.3. The van der Waals surface area contributed by atoms with Crippen LogP contribution in [0.1, 0.15) is 59.3 Å². The largest absolute Gasteiger partial charge is 0.496 e. The number of hydrogen-bond donors (Lipinski definition) is 2. The van der Waals surface area contributed by atoms with Crippen LogP contribution in [0.4, 0.5) is 0 Å². The van der Waals surface area contributed by atoms with Gasteiger partial charge < -0.3 is 19.8 Å². The molecule has 0 aromatic carbocycles. The summed E-state index contributed by atoms with van der Waals surface area (Å²) >= 11 is 10.8. The van der Waals surface area contributed by atoms with Crippen LogP contribution in [0.3, 0.4) is 0 Å². The number of hydrogen-bond acceptors (Lipinski definition) is 5. The van der Waals surface area contributed by atoms with E-state index < -0.39 is 5.72 Å². The highest BCUT2D eigenvalue weighted by atomic mass is 35.5. The normalized spacial score (nSPS) is 20.9. The first kappa shape index (κ1) is 30.2. The smallest absolute Gasteiger partial charge is 0.119 e. The fraction of sp³-hybridized carbons (Fsp3) is 0.692. The molecule has 7 heteroatoms. The lowest BCUT2D eigenvalue weighted by Gasteiger charge is -2.45. The van der Waals surface area contributed by atoms with Crippen molar-refractivity contribution in [1.82, 2.24) is 9.80 Å². The third-order valence-corrected chi connectivity index (χ3v) is 6.53. The maximum atomic E-state index is 11.4. The van der Waals surface area contributed by atoms with Gasteiger partial charge in [0.2, 0.25) is 0 Å². The number of ether oxygens (including phenoxy) is 1. The lowest BCUT2D eigenvalue weighted by atomic mass is 9.90. The number of allylic oxidation sites excluding steroid dienone is 6. The van der Waals surface area contributed by atoms with Gasteiger partial charge in [0, 0.05) is 36.8 Å². The summed E-state index contributed by atoms with van der Waals surface area (Å²) in [6.45, 7) is 9.48. The van der Waals surface area contributed by atoms with Gasteiger partial charge in [-0.25, -0.2) is 0 Å². The molecule has 1 aliphatic heterocycles. The highest BCUT2D eigenvalue weighted by Crippen LogP contribution is 2.33. The second-order valence-electron chi connectivity index (χ2n) is 8.55. The lowest BCUT2D eigenvalue weighted by molar-refractivity contribution is -0.100. The molecule has 1 heterocycles. The van der Waals surface area contributed by atoms with Crippen LogP contribution in [0.2, 0.25) is 0 Å². The molecule has 2 N–H and O–H groups in total. The van der Waals surface area contributed by atoms with Gasteiger partial charge in [-0.3, -0.25) is 4.90 Å². The molecule has 2 unspecified atom stereocenters. The van der Waals surface area contributed by atoms with Crippen LogP contribution in [0, 0.1) is 0 Å². The summed E-state index contributed by atoms with van der Waals surface area (Å²) in [7, 11) is 2.04. The summed E-state index contributed by atoms with van der Waals surface area (Å²) in [4.78, 5) is 4.59. The first-order valence-electron chi connectivity index (χ1n) is 12.1. The molecular formula is C26H44Cl2N2O3. The van der Waals surface area contributed by atoms with Gasteiger partial charge in [-0.1, -0.05) is 48.7 Å². The second-order valence-corrected chi connectivity index (χ2v) is 8.99. The minimum atomic E-state index is -0.950. The zero-order valence-electron chi connectivity index (χ0n) is 21.1. The van der Waals surface area contributed by atoms with Gasteiger partial charge in [0.05, 0.1) is 12.4 Å². The molecule has 3 aliphatic rings. The van der Waals surface area contributed by atoms with Gasteiger partial charge in [-0.05, 0) is 64.9 Å². The van der Waals surface area contributed by atoms with Gasteiger partial charge in [0.1, 0.15) is 12.3 Å². The molecule has 1 fully saturated rings. The van der Waals surface area contributed by atoms with Gasteiger partial charge in [-0.15, -0.1) is 11.6 Å². The molecule has 0 amide bonds. The summed E-state index contributed by atoms with van der Waals surface area (Å²) in [5.41, 5.74) is 1.58. The Balaban J connectivity index is 0.00000129. The molecule has 0 spiro atoms. The maximum absolute atomic E-state index is 11.4. The van der Waals surface area contributed by atoms with Crippen molar-refractivity contribution in [2.45, 2.75) is 71.1 Å². The third kappa shape index (κ3) is 9.75. The molecule has 3 rings (SSSR count). The predicted molar refractivity (Wildman–Crippen MR) is 141 cm³/mol. The van der Waals surface area contributed by atoms with Crippen molar-refractivity contribution in [3.05, 3.63) is 46.2 Å². The van der Waals surface area contributed by atoms with Crippen LogP contribution < -0.4 is 0 Å². The predicted octanol–water partition coefficient (Wildman–Crippen LogP) is 5.43. The average Bonchev–Trinajstić information content (AvgIpc) is 2.79. The SMILES string of the molecule is CC.CCl.CN(C(CN1CCC1)C1=CC=C(OCCO)CC1)C(C)(O)CC1=CC(Cl)=CCC1. The van der Waals surface area contributed by atoms with E-state index >= 15 is 0 Å². The summed E-state index contributed by atoms with van der Waals surface area (Å²) < 4.78 is 5.58. The Hall–Kier alpha value is -0.820. The molecule has 1 saturated heterocycles. The summed E-state index contributed by atoms with van der Waals surface area (Å²) in [6.07, 6.45) is 15.2. The number of likely N-dealkylation sites (N-methyl/N-ethyl adjacent to an activating group) is 1. The number of rotatable bonds is 10. The maximum Gasteiger partial charge on any atom is 0.119 e. The molecule has 0 aromatic heterocycles. The van der Waals surface area contributed by atoms with Crippen LogP contribution in [0.25, 0.3) is 0 Å². The van der Waals surface area contributed by atoms with E-state index in [2.05, 4.69) is 27.5 Å². The Morgan fingerprint density at radius 3 is 2.39 bits per heavy atom. The Kier molecular flexibility index (Phi) is 14.6. The first-order chi connectivity index (χ1) is 15.9. The molecular weight excluding hydrogens is 459 g/mol. The second kappa shape index (κ2) is 16.0. The van der Waals surface area contributed by atoms with E-state index in [-0.39, 0.29) is 12.6 Å². The molecule has 2 aliphatic carbocycles. The Bertz CT molecular complexity index is 698. The highest BCUT2D eigenvalue weighted by molar-refractivity contribution is 6.31. The van der Waals surface area contributed by atoms with E-state index in [0.29, 0.717) is 13.0 Å². The highest BCUT2D eigenvalue weighted by Gasteiger charge is 2.36. The standard InChI is InChI=1S/C23H35ClN2O3.C2H6.CH3Cl/c1-23(28,16-18-5-3-6-20(24)15-18)25(2)22(17-26-11-4-12-26)19-7-9-21(10-8-19)29-14-13-27;2*1-2/h6-7,9,15,22,27-28H,3-5,8,10-14,16-17H2,1-2H3;1-2H3;1H3. The van der Waals surface area contributed by atoms with E-state index in [4.69, 9.17) is 21.4 Å². The van der Waals surface area contributed by atoms with E-state index in [1.165, 1.54) is 23.9 Å². The lowest BCUT2D eigenvalue weighted by Crippen LogP contribution is -2.56. The van der Waals surface area contributed by atoms with Crippen LogP contribution in [0.5, 0.6) is 0 Å². The van der Waals surface area contributed by atoms with Gasteiger partial charge in [0.15, 0.2) is 0 Å². The number of nitrogens with zero attached hydrogens (tertiary/aromatic N) is 2. The fourth-order valence-electron chi connectivity index (χ4n) is 4.26. The summed E-state index contributed by atoms with van der Waals surface area (Å²) in [5, 5.41) is 21.1. The number of halogens is 2. The average molecular weight is 504 g/mol. The van der Waals surface area contributed by atoms with Crippen molar-refractivity contribution < 1.29 is 14.9 Å². The Morgan fingerprint density at radius 2 is 1.88 bits per heavy atom. The van der Waals surface area contributed by atoms with Gasteiger partial charge in [-0.2, -0.15) is 0 Å². The zero-order chi connectivity index (χ0) is 24.9. The van der Waals surface area contributed by atoms with Crippen molar-refractivity contribution in [3.8, 4) is 0 Å². The van der Waals surface area contributed by atoms with E-state index in [1.807, 2.05) is 46.0 Å². The number of aliphatic hydroxyl groups is 2. The molecule has 0 aromatic rings. The molecule has 33 heavy (non-hydrogen) atoms. The minimum absolute atomic E-state index is 0.0339. The Labute approximate surface area is 211 Å². The quantitative estimate of drug-likeness (QED) is 0.308. The van der Waals surface area contributed by atoms with E-state index in [1.54, 1.807) is 0 Å². The van der Waals surface area contributed by atoms with E-state index in [9.17, 15) is 5.11 Å². The minimum Gasteiger partial charge on any atom is -0.496 e. The zero-order valence-corrected chi connectivity index (χ0v) is 22.6. The van der Waals surface area contributed by atoms with Crippen molar-refractivity contribution in [3.63, 3.8) is 0 Å². The topological polar surface area (TPSA) is 56.2 Å². The Morgan fingerprint density at radius 1 is 1.18 bits per heavy atom. The molecule has 0 radical (unpaired) electrons. The van der Waals surface area contributed by atoms with Crippen molar-refractivity contribution >= 4 is 23.2 Å². The molecule has 0 bridgehead atoms. The van der Waals surface area contributed by atoms with Crippen LogP contribution in [0.15, 0.2) is 46.2 Å². The third-order valence-electron chi connectivity index (χ3n) is 6.27. The number of likely N-dealkylation sites (tertiary alicyclic amines) is 1. The van der Waals surface area contributed by atoms with Crippen LogP contribution >= 0.6 is 23.2 Å². The van der Waals surface area contributed by atoms with Crippen LogP contribution in [-0.2, 0) is 4.74 Å². The fourth-order valence-corrected chi connectivity index (χ4v) is 4.52. The van der Waals surface area contributed by atoms with Gasteiger partial charge in [0.25, 0.3) is 0 Å². The summed E-state index contributed by atoms with van der Waals surface area (Å²) in [6, 6.07) is 0.149. The van der Waals surface area contributed by atoms with E-state index in [0.717, 1.165) is 56.1 Å². The number of aliphatic hydroxyl groups excluding tert-OH is 1. The molecule has 0 saturated carbocycles. The van der Waals surface area contributed by atoms with Gasteiger partial charge >= 0.3 is 0 Å². The number of alkyl halides is 1. The van der Waals surface area contributed by atoms with Crippen molar-refractivity contribution in [1.29, 1.82) is 0 Å². The van der Waals surface area contributed by atoms with Crippen molar-refractivity contribution in [2.75, 3.05) is 46.3 Å². The van der Waals surface area contributed by atoms with Crippen LogP contribution in [-0.4, -0.2) is 78.1 Å². The summed E-state index contributed by atoms with van der Waals surface area (Å²) in [5.74, 6) is 0.925. The molecule has 5 nitrogen and oxygen atoms in total.